The molecule has 1 amide bonds. The highest BCUT2D eigenvalue weighted by Crippen LogP contribution is 2.25. The number of para-hydroxylation sites is 1. The summed E-state index contributed by atoms with van der Waals surface area (Å²) in [6.07, 6.45) is 4.01. The molecule has 0 saturated carbocycles. The molecular weight excluding hydrogens is 360 g/mol. The van der Waals surface area contributed by atoms with E-state index in [0.717, 1.165) is 48.9 Å². The fourth-order valence-corrected chi connectivity index (χ4v) is 4.41. The highest BCUT2D eigenvalue weighted by molar-refractivity contribution is 5.98. The van der Waals surface area contributed by atoms with Crippen LogP contribution < -0.4 is 0 Å². The number of carbonyl (C=O) groups excluding carboxylic acids is 1. The fourth-order valence-electron chi connectivity index (χ4n) is 4.41. The first-order valence-corrected chi connectivity index (χ1v) is 10.4. The van der Waals surface area contributed by atoms with E-state index in [0.29, 0.717) is 11.6 Å². The first-order chi connectivity index (χ1) is 14.1. The number of rotatable bonds is 3. The Morgan fingerprint density at radius 3 is 2.66 bits per heavy atom. The number of nitrogens with zero attached hydrogens (tertiary/aromatic N) is 3. The molecule has 0 atom stereocenters. The van der Waals surface area contributed by atoms with Crippen LogP contribution in [-0.2, 0) is 6.54 Å². The van der Waals surface area contributed by atoms with Crippen LogP contribution in [-0.4, -0.2) is 38.4 Å². The van der Waals surface area contributed by atoms with Gasteiger partial charge in [0.25, 0.3) is 5.91 Å². The predicted molar refractivity (Wildman–Crippen MR) is 116 cm³/mol. The minimum absolute atomic E-state index is 0.110. The number of H-pyrrole nitrogens is 1. The van der Waals surface area contributed by atoms with Crippen molar-refractivity contribution in [1.82, 2.24) is 19.4 Å². The fraction of sp³-hybridized carbons (Fsp3) is 0.333. The number of nitrogens with one attached hydrogen (secondary N) is 1. The Labute approximate surface area is 170 Å². The lowest BCUT2D eigenvalue weighted by Crippen LogP contribution is -2.39. The van der Waals surface area contributed by atoms with Gasteiger partial charge in [-0.1, -0.05) is 18.2 Å². The van der Waals surface area contributed by atoms with Crippen LogP contribution >= 0.6 is 0 Å². The van der Waals surface area contributed by atoms with Crippen LogP contribution in [0.4, 0.5) is 0 Å². The van der Waals surface area contributed by atoms with E-state index in [4.69, 9.17) is 0 Å². The molecule has 2 aromatic heterocycles. The van der Waals surface area contributed by atoms with Gasteiger partial charge < -0.3 is 14.5 Å². The summed E-state index contributed by atoms with van der Waals surface area (Å²) in [7, 11) is 0. The highest BCUT2D eigenvalue weighted by Gasteiger charge is 2.25. The number of aryl methyl sites for hydroxylation is 2. The van der Waals surface area contributed by atoms with Gasteiger partial charge in [0.15, 0.2) is 0 Å². The Kier molecular flexibility index (Phi) is 4.38. The van der Waals surface area contributed by atoms with Crippen molar-refractivity contribution in [1.29, 1.82) is 0 Å². The maximum atomic E-state index is 12.9. The van der Waals surface area contributed by atoms with Gasteiger partial charge in [-0.25, -0.2) is 4.98 Å². The molecule has 0 radical (unpaired) electrons. The van der Waals surface area contributed by atoms with E-state index in [9.17, 15) is 4.79 Å². The van der Waals surface area contributed by atoms with E-state index in [1.54, 1.807) is 0 Å². The quantitative estimate of drug-likeness (QED) is 0.555. The smallest absolute Gasteiger partial charge is 0.270 e. The van der Waals surface area contributed by atoms with Crippen molar-refractivity contribution in [3.63, 3.8) is 0 Å². The van der Waals surface area contributed by atoms with Gasteiger partial charge in [-0.05, 0) is 68.0 Å². The molecule has 3 heterocycles. The number of hydrogen-bond donors (Lipinski definition) is 1. The van der Waals surface area contributed by atoms with Gasteiger partial charge in [0, 0.05) is 30.5 Å². The Morgan fingerprint density at radius 1 is 1.10 bits per heavy atom. The Hall–Kier alpha value is -3.08. The third-order valence-electron chi connectivity index (χ3n) is 6.35. The second-order valence-electron chi connectivity index (χ2n) is 8.33. The van der Waals surface area contributed by atoms with Crippen LogP contribution in [0.2, 0.25) is 0 Å². The molecular formula is C24H26N4O. The number of piperidine rings is 1. The molecule has 148 valence electrons. The Morgan fingerprint density at radius 2 is 1.86 bits per heavy atom. The lowest BCUT2D eigenvalue weighted by Gasteiger charge is -2.32. The minimum atomic E-state index is 0.110. The van der Waals surface area contributed by atoms with E-state index in [1.807, 2.05) is 41.6 Å². The highest BCUT2D eigenvalue weighted by atomic mass is 16.2. The summed E-state index contributed by atoms with van der Waals surface area (Å²) in [4.78, 5) is 22.8. The number of aromatic nitrogens is 3. The third kappa shape index (κ3) is 3.31. The zero-order chi connectivity index (χ0) is 20.0. The SMILES string of the molecule is Cc1cc2ncn(CC3CCN(C(=O)c4cc5ccccc5[nH]4)CC3)c2cc1C. The Balaban J connectivity index is 1.26. The second-order valence-corrected chi connectivity index (χ2v) is 8.33. The molecule has 5 rings (SSSR count). The van der Waals surface area contributed by atoms with Crippen LogP contribution in [0.1, 0.15) is 34.5 Å². The average molecular weight is 386 g/mol. The van der Waals surface area contributed by atoms with E-state index in [2.05, 4.69) is 40.5 Å². The van der Waals surface area contributed by atoms with E-state index in [1.165, 1.54) is 16.6 Å². The number of aromatic amines is 1. The standard InChI is InChI=1S/C24H26N4O/c1-16-11-21-23(12-17(16)2)28(15-25-21)14-18-7-9-27(10-8-18)24(29)22-13-19-5-3-4-6-20(19)26-22/h3-6,11-13,15,18,26H,7-10,14H2,1-2H3. The van der Waals surface area contributed by atoms with Crippen LogP contribution in [0.5, 0.6) is 0 Å². The topological polar surface area (TPSA) is 53.9 Å². The predicted octanol–water partition coefficient (Wildman–Crippen LogP) is 4.69. The summed E-state index contributed by atoms with van der Waals surface area (Å²) in [5.41, 5.74) is 6.58. The summed E-state index contributed by atoms with van der Waals surface area (Å²) in [5.74, 6) is 0.680. The van der Waals surface area contributed by atoms with E-state index < -0.39 is 0 Å². The summed E-state index contributed by atoms with van der Waals surface area (Å²) < 4.78 is 2.28. The number of benzene rings is 2. The molecule has 1 fully saturated rings. The molecule has 1 aliphatic heterocycles. The van der Waals surface area contributed by atoms with Crippen LogP contribution in [0.15, 0.2) is 48.8 Å². The molecule has 0 unspecified atom stereocenters. The van der Waals surface area contributed by atoms with Gasteiger partial charge in [-0.3, -0.25) is 4.79 Å². The van der Waals surface area contributed by atoms with Crippen molar-refractivity contribution in [2.45, 2.75) is 33.2 Å². The van der Waals surface area contributed by atoms with Gasteiger partial charge in [-0.15, -0.1) is 0 Å². The van der Waals surface area contributed by atoms with Gasteiger partial charge in [0.2, 0.25) is 0 Å². The van der Waals surface area contributed by atoms with Gasteiger partial charge in [-0.2, -0.15) is 0 Å². The molecule has 29 heavy (non-hydrogen) atoms. The molecule has 5 heteroatoms. The van der Waals surface area contributed by atoms with Crippen LogP contribution in [0, 0.1) is 19.8 Å². The zero-order valence-electron chi connectivity index (χ0n) is 17.0. The average Bonchev–Trinajstić information content (AvgIpc) is 3.33. The molecule has 0 aliphatic carbocycles. The lowest BCUT2D eigenvalue weighted by atomic mass is 9.96. The largest absolute Gasteiger partial charge is 0.351 e. The monoisotopic (exact) mass is 386 g/mol. The summed E-state index contributed by atoms with van der Waals surface area (Å²) in [6, 6.07) is 14.4. The molecule has 4 aromatic rings. The lowest BCUT2D eigenvalue weighted by molar-refractivity contribution is 0.0678. The maximum absolute atomic E-state index is 12.9. The first-order valence-electron chi connectivity index (χ1n) is 10.4. The minimum Gasteiger partial charge on any atom is -0.351 e. The van der Waals surface area contributed by atoms with Crippen molar-refractivity contribution < 1.29 is 4.79 Å². The normalized spacial score (nSPS) is 15.4. The Bertz CT molecular complexity index is 1160. The zero-order valence-corrected chi connectivity index (χ0v) is 17.0. The number of hydrogen-bond acceptors (Lipinski definition) is 2. The van der Waals surface area contributed by atoms with E-state index in [-0.39, 0.29) is 5.91 Å². The summed E-state index contributed by atoms with van der Waals surface area (Å²) >= 11 is 0. The second kappa shape index (κ2) is 7.07. The molecule has 1 saturated heterocycles. The molecule has 5 nitrogen and oxygen atoms in total. The number of fused-ring (bicyclic) bond motifs is 2. The van der Waals surface area contributed by atoms with Crippen molar-refractivity contribution in [2.75, 3.05) is 13.1 Å². The maximum Gasteiger partial charge on any atom is 0.270 e. The number of likely N-dealkylation sites (tertiary alicyclic amines) is 1. The third-order valence-corrected chi connectivity index (χ3v) is 6.35. The van der Waals surface area contributed by atoms with Crippen molar-refractivity contribution in [2.24, 2.45) is 5.92 Å². The van der Waals surface area contributed by atoms with Crippen molar-refractivity contribution >= 4 is 27.8 Å². The van der Waals surface area contributed by atoms with Crippen LogP contribution in [0.3, 0.4) is 0 Å². The van der Waals surface area contributed by atoms with Crippen molar-refractivity contribution in [3.05, 3.63) is 65.6 Å². The molecule has 1 aliphatic rings. The van der Waals surface area contributed by atoms with Crippen molar-refractivity contribution in [3.8, 4) is 0 Å². The number of imidazole rings is 1. The first kappa shape index (κ1) is 18.0. The molecule has 0 spiro atoms. The summed E-state index contributed by atoms with van der Waals surface area (Å²) in [6.45, 7) is 6.87. The summed E-state index contributed by atoms with van der Waals surface area (Å²) in [5, 5.41) is 1.09. The van der Waals surface area contributed by atoms with Gasteiger partial charge in [0.05, 0.1) is 17.4 Å². The number of carbonyl (C=O) groups is 1. The molecule has 0 bridgehead atoms. The molecule has 2 aromatic carbocycles. The van der Waals surface area contributed by atoms with Gasteiger partial charge >= 0.3 is 0 Å². The number of amides is 1. The van der Waals surface area contributed by atoms with Crippen LogP contribution in [0.25, 0.3) is 21.9 Å². The van der Waals surface area contributed by atoms with Gasteiger partial charge in [0.1, 0.15) is 5.69 Å². The molecule has 1 N–H and O–H groups in total. The van der Waals surface area contributed by atoms with E-state index >= 15 is 0 Å².